The van der Waals surface area contributed by atoms with Crippen LogP contribution in [0.1, 0.15) is 28.9 Å². The third-order valence-electron chi connectivity index (χ3n) is 5.83. The highest BCUT2D eigenvalue weighted by Crippen LogP contribution is 2.35. The van der Waals surface area contributed by atoms with Crippen molar-refractivity contribution in [2.24, 2.45) is 5.73 Å². The number of rotatable bonds is 10. The second kappa shape index (κ2) is 10.7. The van der Waals surface area contributed by atoms with Gasteiger partial charge in [0, 0.05) is 17.7 Å². The van der Waals surface area contributed by atoms with Crippen molar-refractivity contribution in [3.8, 4) is 28.5 Å². The summed E-state index contributed by atoms with van der Waals surface area (Å²) in [6, 6.07) is 12.0. The van der Waals surface area contributed by atoms with Crippen LogP contribution in [0, 0.1) is 5.82 Å². The number of alkyl halides is 1. The Kier molecular flexibility index (Phi) is 7.61. The Morgan fingerprint density at radius 3 is 2.47 bits per heavy atom. The summed E-state index contributed by atoms with van der Waals surface area (Å²) in [4.78, 5) is 17.3. The van der Waals surface area contributed by atoms with Gasteiger partial charge in [0.2, 0.25) is 0 Å². The van der Waals surface area contributed by atoms with E-state index in [1.807, 2.05) is 0 Å². The third-order valence-corrected chi connectivity index (χ3v) is 6.12. The van der Waals surface area contributed by atoms with E-state index in [4.69, 9.17) is 31.5 Å². The molecule has 0 radical (unpaired) electrons. The molecule has 190 valence electrons. The number of nitrogens with zero attached hydrogens (tertiary/aromatic N) is 1. The van der Waals surface area contributed by atoms with Gasteiger partial charge < -0.3 is 25.3 Å². The second-order valence-electron chi connectivity index (χ2n) is 8.53. The zero-order valence-electron chi connectivity index (χ0n) is 19.8. The van der Waals surface area contributed by atoms with Gasteiger partial charge in [-0.2, -0.15) is 0 Å². The molecule has 0 aliphatic heterocycles. The number of pyridine rings is 1. The molecule has 1 heterocycles. The number of aromatic nitrogens is 1. The van der Waals surface area contributed by atoms with Crippen LogP contribution in [0.4, 0.5) is 8.78 Å². The predicted octanol–water partition coefficient (Wildman–Crippen LogP) is 4.65. The number of nitrogens with one attached hydrogen (secondary N) is 1. The lowest BCUT2D eigenvalue weighted by Crippen LogP contribution is -2.50. The van der Waals surface area contributed by atoms with Crippen molar-refractivity contribution in [2.45, 2.75) is 24.5 Å². The average Bonchev–Trinajstić information content (AvgIpc) is 3.72. The lowest BCUT2D eigenvalue weighted by atomic mass is 9.96. The zero-order chi connectivity index (χ0) is 25.9. The molecule has 3 N–H and O–H groups in total. The maximum absolute atomic E-state index is 14.3. The molecule has 1 atom stereocenters. The van der Waals surface area contributed by atoms with Gasteiger partial charge >= 0.3 is 0 Å². The molecular weight excluding hydrogens is 492 g/mol. The highest BCUT2D eigenvalue weighted by atomic mass is 35.5. The Morgan fingerprint density at radius 2 is 1.83 bits per heavy atom. The molecule has 1 aliphatic rings. The van der Waals surface area contributed by atoms with Crippen molar-refractivity contribution < 1.29 is 27.8 Å². The number of benzene rings is 2. The predicted molar refractivity (Wildman–Crippen MR) is 132 cm³/mol. The van der Waals surface area contributed by atoms with Crippen LogP contribution in [-0.4, -0.2) is 44.4 Å². The highest BCUT2D eigenvalue weighted by molar-refractivity contribution is 6.31. The van der Waals surface area contributed by atoms with Crippen molar-refractivity contribution in [2.75, 3.05) is 27.4 Å². The van der Waals surface area contributed by atoms with E-state index in [0.717, 1.165) is 12.8 Å². The minimum atomic E-state index is -1.64. The molecule has 1 unspecified atom stereocenters. The number of carbonyl (C=O) groups excluding carboxylic acids is 1. The first kappa shape index (κ1) is 25.7. The quantitative estimate of drug-likeness (QED) is 0.406. The number of nitrogens with two attached hydrogens (primary N) is 1. The fourth-order valence-corrected chi connectivity index (χ4v) is 3.74. The number of hydrogen-bond acceptors (Lipinski definition) is 6. The molecule has 1 amide bonds. The van der Waals surface area contributed by atoms with Crippen LogP contribution in [-0.2, 0) is 5.54 Å². The number of amides is 1. The Hall–Kier alpha value is -3.43. The van der Waals surface area contributed by atoms with Crippen LogP contribution in [0.15, 0.2) is 48.5 Å². The summed E-state index contributed by atoms with van der Waals surface area (Å²) >= 11 is 5.93. The van der Waals surface area contributed by atoms with E-state index in [1.54, 1.807) is 24.3 Å². The topological polar surface area (TPSA) is 95.7 Å². The molecule has 1 saturated carbocycles. The Bertz CT molecular complexity index is 1270. The Labute approximate surface area is 212 Å². The largest absolute Gasteiger partial charge is 0.494 e. The SMILES string of the molecule is COc1cc(C(=O)NCC(N)(CF)c2ccc(OC)c(-c3ccc(F)c(Cl)c3)n2)ccc1OC1CC1. The standard InChI is InChI=1S/C26H26ClF2N3O4/c1-34-21-9-10-23(32-24(21)15-3-7-19(29)18(27)11-15)26(30,13-28)14-31-25(33)16-4-8-20(22(12-16)35-2)36-17-5-6-17/h3-4,7-12,17H,5-6,13-14,30H2,1-2H3,(H,31,33). The molecule has 7 nitrogen and oxygen atoms in total. The molecule has 1 aliphatic carbocycles. The summed E-state index contributed by atoms with van der Waals surface area (Å²) in [7, 11) is 2.94. The number of ether oxygens (including phenoxy) is 3. The van der Waals surface area contributed by atoms with Crippen LogP contribution >= 0.6 is 11.6 Å². The van der Waals surface area contributed by atoms with Gasteiger partial charge in [0.05, 0.1) is 31.0 Å². The first-order valence-corrected chi connectivity index (χ1v) is 11.6. The van der Waals surface area contributed by atoms with Crippen molar-refractivity contribution in [1.82, 2.24) is 10.3 Å². The maximum Gasteiger partial charge on any atom is 0.251 e. The lowest BCUT2D eigenvalue weighted by Gasteiger charge is -2.27. The van der Waals surface area contributed by atoms with Gasteiger partial charge in [0.1, 0.15) is 29.5 Å². The molecule has 10 heteroatoms. The van der Waals surface area contributed by atoms with Gasteiger partial charge in [0.25, 0.3) is 5.91 Å². The minimum Gasteiger partial charge on any atom is -0.494 e. The minimum absolute atomic E-state index is 0.0949. The molecule has 2 aromatic carbocycles. The number of carbonyl (C=O) groups is 1. The summed E-state index contributed by atoms with van der Waals surface area (Å²) < 4.78 is 44.4. The summed E-state index contributed by atoms with van der Waals surface area (Å²) in [5, 5.41) is 2.58. The summed E-state index contributed by atoms with van der Waals surface area (Å²) in [5.41, 5.74) is 5.97. The fourth-order valence-electron chi connectivity index (χ4n) is 3.56. The van der Waals surface area contributed by atoms with E-state index in [1.165, 1.54) is 38.5 Å². The van der Waals surface area contributed by atoms with E-state index in [2.05, 4.69) is 10.3 Å². The molecule has 1 aromatic heterocycles. The monoisotopic (exact) mass is 517 g/mol. The molecule has 4 rings (SSSR count). The normalized spacial score (nSPS) is 14.6. The van der Waals surface area contributed by atoms with E-state index in [0.29, 0.717) is 34.1 Å². The summed E-state index contributed by atoms with van der Waals surface area (Å²) in [5.74, 6) is 0.308. The Morgan fingerprint density at radius 1 is 1.11 bits per heavy atom. The number of halogens is 3. The van der Waals surface area contributed by atoms with E-state index in [9.17, 15) is 13.6 Å². The molecule has 1 fully saturated rings. The van der Waals surface area contributed by atoms with Gasteiger partial charge in [-0.3, -0.25) is 4.79 Å². The van der Waals surface area contributed by atoms with Gasteiger partial charge in [-0.15, -0.1) is 0 Å². The highest BCUT2D eigenvalue weighted by Gasteiger charge is 2.31. The average molecular weight is 518 g/mol. The molecule has 0 saturated heterocycles. The first-order chi connectivity index (χ1) is 17.3. The van der Waals surface area contributed by atoms with Gasteiger partial charge in [0.15, 0.2) is 11.5 Å². The molecule has 0 bridgehead atoms. The third kappa shape index (κ3) is 5.52. The van der Waals surface area contributed by atoms with Crippen LogP contribution in [0.3, 0.4) is 0 Å². The van der Waals surface area contributed by atoms with Crippen molar-refractivity contribution >= 4 is 17.5 Å². The summed E-state index contributed by atoms with van der Waals surface area (Å²) in [6.45, 7) is -1.25. The van der Waals surface area contributed by atoms with Crippen LogP contribution < -0.4 is 25.3 Å². The fraction of sp³-hybridized carbons (Fsp3) is 0.308. The summed E-state index contributed by atoms with van der Waals surface area (Å²) in [6.07, 6.45) is 2.15. The van der Waals surface area contributed by atoms with Crippen molar-refractivity contribution in [3.63, 3.8) is 0 Å². The van der Waals surface area contributed by atoms with Crippen molar-refractivity contribution in [3.05, 3.63) is 70.6 Å². The smallest absolute Gasteiger partial charge is 0.251 e. The van der Waals surface area contributed by atoms with Crippen LogP contribution in [0.5, 0.6) is 17.2 Å². The lowest BCUT2D eigenvalue weighted by molar-refractivity contribution is 0.0938. The Balaban J connectivity index is 1.55. The van der Waals surface area contributed by atoms with Crippen LogP contribution in [0.2, 0.25) is 5.02 Å². The number of methoxy groups -OCH3 is 2. The van der Waals surface area contributed by atoms with E-state index < -0.39 is 23.9 Å². The molecular formula is C26H26ClF2N3O4. The van der Waals surface area contributed by atoms with Gasteiger partial charge in [-0.1, -0.05) is 11.6 Å². The van der Waals surface area contributed by atoms with E-state index >= 15 is 0 Å². The molecule has 3 aromatic rings. The van der Waals surface area contributed by atoms with Crippen molar-refractivity contribution in [1.29, 1.82) is 0 Å². The zero-order valence-corrected chi connectivity index (χ0v) is 20.6. The maximum atomic E-state index is 14.3. The first-order valence-electron chi connectivity index (χ1n) is 11.3. The molecule has 0 spiro atoms. The van der Waals surface area contributed by atoms with Crippen LogP contribution in [0.25, 0.3) is 11.3 Å². The van der Waals surface area contributed by atoms with Gasteiger partial charge in [-0.25, -0.2) is 13.8 Å². The van der Waals surface area contributed by atoms with E-state index in [-0.39, 0.29) is 23.4 Å². The van der Waals surface area contributed by atoms with Gasteiger partial charge in [-0.05, 0) is 61.4 Å². The molecule has 36 heavy (non-hydrogen) atoms. The second-order valence-corrected chi connectivity index (χ2v) is 8.94. The number of hydrogen-bond donors (Lipinski definition) is 2.